The summed E-state index contributed by atoms with van der Waals surface area (Å²) < 4.78 is 5.21. The van der Waals surface area contributed by atoms with Crippen molar-refractivity contribution in [2.75, 3.05) is 6.54 Å². The molecule has 2 N–H and O–H groups in total. The van der Waals surface area contributed by atoms with Crippen LogP contribution in [0, 0.1) is 0 Å². The Morgan fingerprint density at radius 1 is 1.32 bits per heavy atom. The van der Waals surface area contributed by atoms with Crippen LogP contribution in [0.3, 0.4) is 0 Å². The van der Waals surface area contributed by atoms with E-state index in [1.807, 2.05) is 0 Å². The van der Waals surface area contributed by atoms with Crippen LogP contribution in [0.4, 0.5) is 0 Å². The average molecular weight is 301 g/mol. The van der Waals surface area contributed by atoms with E-state index in [4.69, 9.17) is 4.42 Å². The summed E-state index contributed by atoms with van der Waals surface area (Å²) in [7, 11) is 0. The third kappa shape index (κ3) is 2.85. The molecule has 0 bridgehead atoms. The first-order valence-corrected chi connectivity index (χ1v) is 7.47. The molecule has 0 aliphatic carbocycles. The van der Waals surface area contributed by atoms with E-state index in [0.717, 1.165) is 12.8 Å². The van der Waals surface area contributed by atoms with Gasteiger partial charge in [0, 0.05) is 19.0 Å². The Bertz CT molecular complexity index is 638. The summed E-state index contributed by atoms with van der Waals surface area (Å²) >= 11 is 0. The van der Waals surface area contributed by atoms with Gasteiger partial charge in [0.05, 0.1) is 11.8 Å². The van der Waals surface area contributed by atoms with Gasteiger partial charge in [-0.15, -0.1) is 0 Å². The summed E-state index contributed by atoms with van der Waals surface area (Å²) in [6, 6.07) is 9.97. The Hall–Kier alpha value is -2.27. The smallest absolute Gasteiger partial charge is 0.257 e. The van der Waals surface area contributed by atoms with Crippen molar-refractivity contribution in [2.45, 2.75) is 31.4 Å². The normalized spacial score (nSPS) is 19.3. The molecule has 1 aromatic carbocycles. The SMILES string of the molecule is O=C(c1ccccc1O)N1CCC[C@H]1C[C@@H](O)c1ccco1. The molecular weight excluding hydrogens is 282 g/mol. The summed E-state index contributed by atoms with van der Waals surface area (Å²) in [6.45, 7) is 0.642. The molecule has 2 atom stereocenters. The van der Waals surface area contributed by atoms with Crippen LogP contribution in [0.1, 0.15) is 41.5 Å². The Kier molecular flexibility index (Phi) is 4.15. The van der Waals surface area contributed by atoms with Crippen molar-refractivity contribution in [1.29, 1.82) is 0 Å². The third-order valence-corrected chi connectivity index (χ3v) is 4.14. The van der Waals surface area contributed by atoms with E-state index < -0.39 is 6.10 Å². The number of carbonyl (C=O) groups excluding carboxylic acids is 1. The zero-order valence-corrected chi connectivity index (χ0v) is 12.2. The monoisotopic (exact) mass is 301 g/mol. The van der Waals surface area contributed by atoms with E-state index in [0.29, 0.717) is 24.3 Å². The van der Waals surface area contributed by atoms with Crippen molar-refractivity contribution < 1.29 is 19.4 Å². The maximum Gasteiger partial charge on any atom is 0.257 e. The molecule has 22 heavy (non-hydrogen) atoms. The fraction of sp³-hybridized carbons (Fsp3) is 0.353. The summed E-state index contributed by atoms with van der Waals surface area (Å²) in [4.78, 5) is 14.3. The standard InChI is InChI=1S/C17H19NO4/c19-14-7-2-1-6-13(14)17(21)18-9-3-5-12(18)11-15(20)16-8-4-10-22-16/h1-2,4,6-8,10,12,15,19-20H,3,5,9,11H2/t12-,15+/m0/s1. The fourth-order valence-corrected chi connectivity index (χ4v) is 3.01. The minimum atomic E-state index is -0.724. The number of phenolic OH excluding ortho intramolecular Hbond substituents is 1. The Morgan fingerprint density at radius 3 is 2.86 bits per heavy atom. The largest absolute Gasteiger partial charge is 0.507 e. The summed E-state index contributed by atoms with van der Waals surface area (Å²) in [5.74, 6) is 0.318. The second-order valence-corrected chi connectivity index (χ2v) is 5.58. The maximum absolute atomic E-state index is 12.6. The van der Waals surface area contributed by atoms with Gasteiger partial charge in [-0.25, -0.2) is 0 Å². The lowest BCUT2D eigenvalue weighted by molar-refractivity contribution is 0.0639. The molecule has 5 heteroatoms. The van der Waals surface area contributed by atoms with Crippen LogP contribution in [0.25, 0.3) is 0 Å². The highest BCUT2D eigenvalue weighted by molar-refractivity contribution is 5.97. The van der Waals surface area contributed by atoms with Crippen molar-refractivity contribution >= 4 is 5.91 Å². The van der Waals surface area contributed by atoms with E-state index in [1.54, 1.807) is 35.2 Å². The number of phenols is 1. The molecule has 1 amide bonds. The molecule has 116 valence electrons. The molecule has 1 aliphatic rings. The highest BCUT2D eigenvalue weighted by Crippen LogP contribution is 2.30. The lowest BCUT2D eigenvalue weighted by Crippen LogP contribution is -2.36. The molecular formula is C17H19NO4. The van der Waals surface area contributed by atoms with Gasteiger partial charge in [0.15, 0.2) is 0 Å². The number of benzene rings is 1. The van der Waals surface area contributed by atoms with Gasteiger partial charge < -0.3 is 19.5 Å². The molecule has 3 rings (SSSR count). The molecule has 1 fully saturated rings. The lowest BCUT2D eigenvalue weighted by atomic mass is 10.0. The minimum Gasteiger partial charge on any atom is -0.507 e. The topological polar surface area (TPSA) is 73.9 Å². The molecule has 0 unspecified atom stereocenters. The number of rotatable bonds is 4. The number of aromatic hydroxyl groups is 1. The summed E-state index contributed by atoms with van der Waals surface area (Å²) in [6.07, 6.45) is 2.98. The van der Waals surface area contributed by atoms with Gasteiger partial charge in [-0.1, -0.05) is 12.1 Å². The van der Waals surface area contributed by atoms with Crippen molar-refractivity contribution in [3.63, 3.8) is 0 Å². The predicted molar refractivity (Wildman–Crippen MR) is 80.5 cm³/mol. The third-order valence-electron chi connectivity index (χ3n) is 4.14. The first-order valence-electron chi connectivity index (χ1n) is 7.47. The number of aliphatic hydroxyl groups is 1. The predicted octanol–water partition coefficient (Wildman–Crippen LogP) is 2.71. The summed E-state index contributed by atoms with van der Waals surface area (Å²) in [5.41, 5.74) is 0.307. The van der Waals surface area contributed by atoms with Gasteiger partial charge in [-0.2, -0.15) is 0 Å². The number of hydrogen-bond donors (Lipinski definition) is 2. The van der Waals surface area contributed by atoms with Crippen LogP contribution < -0.4 is 0 Å². The molecule has 5 nitrogen and oxygen atoms in total. The molecule has 1 saturated heterocycles. The van der Waals surface area contributed by atoms with E-state index in [9.17, 15) is 15.0 Å². The molecule has 2 heterocycles. The van der Waals surface area contributed by atoms with E-state index >= 15 is 0 Å². The van der Waals surface area contributed by atoms with Crippen molar-refractivity contribution in [3.05, 3.63) is 54.0 Å². The second kappa shape index (κ2) is 6.23. The number of aliphatic hydroxyl groups excluding tert-OH is 1. The summed E-state index contributed by atoms with van der Waals surface area (Å²) in [5, 5.41) is 20.1. The number of likely N-dealkylation sites (tertiary alicyclic amines) is 1. The lowest BCUT2D eigenvalue weighted by Gasteiger charge is -2.26. The average Bonchev–Trinajstić information content (AvgIpc) is 3.18. The number of para-hydroxylation sites is 1. The number of hydrogen-bond acceptors (Lipinski definition) is 4. The second-order valence-electron chi connectivity index (χ2n) is 5.58. The Balaban J connectivity index is 1.73. The van der Waals surface area contributed by atoms with Gasteiger partial charge in [0.2, 0.25) is 0 Å². The van der Waals surface area contributed by atoms with E-state index in [2.05, 4.69) is 0 Å². The zero-order valence-electron chi connectivity index (χ0n) is 12.2. The van der Waals surface area contributed by atoms with Crippen LogP contribution in [0.5, 0.6) is 5.75 Å². The van der Waals surface area contributed by atoms with Crippen molar-refractivity contribution in [3.8, 4) is 5.75 Å². The van der Waals surface area contributed by atoms with E-state index in [-0.39, 0.29) is 17.7 Å². The Labute approximate surface area is 128 Å². The van der Waals surface area contributed by atoms with Gasteiger partial charge in [-0.05, 0) is 37.1 Å². The van der Waals surface area contributed by atoms with Crippen LogP contribution >= 0.6 is 0 Å². The fourth-order valence-electron chi connectivity index (χ4n) is 3.01. The number of carbonyl (C=O) groups is 1. The van der Waals surface area contributed by atoms with E-state index in [1.165, 1.54) is 12.3 Å². The molecule has 0 spiro atoms. The first kappa shape index (κ1) is 14.7. The molecule has 1 aliphatic heterocycles. The highest BCUT2D eigenvalue weighted by Gasteiger charge is 2.32. The van der Waals surface area contributed by atoms with Gasteiger partial charge in [0.25, 0.3) is 5.91 Å². The van der Waals surface area contributed by atoms with Gasteiger partial charge >= 0.3 is 0 Å². The molecule has 0 radical (unpaired) electrons. The van der Waals surface area contributed by atoms with Crippen LogP contribution in [-0.4, -0.2) is 33.6 Å². The number of furan rings is 1. The number of nitrogens with zero attached hydrogens (tertiary/aromatic N) is 1. The molecule has 0 saturated carbocycles. The number of amides is 1. The van der Waals surface area contributed by atoms with Crippen molar-refractivity contribution in [2.24, 2.45) is 0 Å². The maximum atomic E-state index is 12.6. The van der Waals surface area contributed by atoms with Crippen molar-refractivity contribution in [1.82, 2.24) is 4.90 Å². The highest BCUT2D eigenvalue weighted by atomic mass is 16.4. The quantitative estimate of drug-likeness (QED) is 0.910. The van der Waals surface area contributed by atoms with Gasteiger partial charge in [-0.3, -0.25) is 4.79 Å². The first-order chi connectivity index (χ1) is 10.7. The van der Waals surface area contributed by atoms with Crippen LogP contribution in [0.2, 0.25) is 0 Å². The van der Waals surface area contributed by atoms with Crippen LogP contribution in [-0.2, 0) is 0 Å². The molecule has 1 aromatic heterocycles. The minimum absolute atomic E-state index is 0.00951. The van der Waals surface area contributed by atoms with Crippen LogP contribution in [0.15, 0.2) is 47.1 Å². The van der Waals surface area contributed by atoms with Gasteiger partial charge in [0.1, 0.15) is 17.6 Å². The zero-order chi connectivity index (χ0) is 15.5. The Morgan fingerprint density at radius 2 is 2.14 bits per heavy atom. The molecule has 2 aromatic rings.